The maximum atomic E-state index is 13.4. The lowest BCUT2D eigenvalue weighted by Gasteiger charge is -2.45. The van der Waals surface area contributed by atoms with E-state index in [-0.39, 0.29) is 22.5 Å². The van der Waals surface area contributed by atoms with Crippen LogP contribution in [0.25, 0.3) is 0 Å². The molecule has 1 saturated carbocycles. The zero-order valence-corrected chi connectivity index (χ0v) is 24.7. The van der Waals surface area contributed by atoms with Gasteiger partial charge in [-0.2, -0.15) is 0 Å². The molecule has 6 rings (SSSR count). The molecular weight excluding hydrogens is 544 g/mol. The molecule has 2 aromatic rings. The van der Waals surface area contributed by atoms with Crippen molar-refractivity contribution < 1.29 is 18.8 Å². The number of nitrogens with one attached hydrogen (secondary N) is 1. The largest absolute Gasteiger partial charge is 0.490 e. The van der Waals surface area contributed by atoms with Gasteiger partial charge >= 0.3 is 0 Å². The van der Waals surface area contributed by atoms with Gasteiger partial charge in [-0.1, -0.05) is 29.8 Å². The molecule has 2 aliphatic carbocycles. The Labute approximate surface area is 242 Å². The number of allylic oxidation sites excluding steroid dienone is 1. The van der Waals surface area contributed by atoms with Crippen LogP contribution in [0.15, 0.2) is 48.6 Å². The maximum absolute atomic E-state index is 13.4. The number of aryl methyl sites for hydroxylation is 1. The monoisotopic (exact) mass is 582 g/mol. The van der Waals surface area contributed by atoms with E-state index >= 15 is 0 Å². The van der Waals surface area contributed by atoms with Gasteiger partial charge in [-0.25, -0.2) is 4.21 Å². The summed E-state index contributed by atoms with van der Waals surface area (Å²) in [4.78, 5) is 15.7. The molecule has 0 aromatic heterocycles. The fourth-order valence-corrected chi connectivity index (χ4v) is 8.37. The molecule has 40 heavy (non-hydrogen) atoms. The van der Waals surface area contributed by atoms with Crippen molar-refractivity contribution in [3.05, 3.63) is 70.3 Å². The zero-order valence-electron chi connectivity index (χ0n) is 23.1. The lowest BCUT2D eigenvalue weighted by atomic mass is 9.68. The number of aliphatic hydroxyl groups excluding tert-OH is 1. The van der Waals surface area contributed by atoms with Crippen LogP contribution in [0.5, 0.6) is 5.75 Å². The molecule has 214 valence electrons. The van der Waals surface area contributed by atoms with Crippen LogP contribution in [0.3, 0.4) is 0 Å². The van der Waals surface area contributed by atoms with E-state index in [2.05, 4.69) is 27.6 Å². The standard InChI is InChI=1S/C32H39ClN2O4S/c1-21-6-3-4-8-29(36)26-12-9-24(26)18-35-19-32(15-5-7-22-16-25(33)11-13-27(22)32)20-39-30-14-10-23(17-28(30)35)31(37)34-40(21,2)38/h4,8,10-11,13-14,16-17,21,24,26,29,36H,2-3,5-7,9,12,15,18-20H2,1H3,(H,34,37,38)/b8-4+/t21-,24+,26-,29+,32+,40?/m1/s1. The molecule has 0 saturated heterocycles. The van der Waals surface area contributed by atoms with Crippen LogP contribution >= 0.6 is 11.6 Å². The Balaban J connectivity index is 1.42. The van der Waals surface area contributed by atoms with E-state index in [1.54, 1.807) is 6.07 Å². The number of benzene rings is 2. The third kappa shape index (κ3) is 5.17. The van der Waals surface area contributed by atoms with Crippen molar-refractivity contribution in [1.29, 1.82) is 0 Å². The highest BCUT2D eigenvalue weighted by atomic mass is 35.5. The third-order valence-electron chi connectivity index (χ3n) is 9.66. The van der Waals surface area contributed by atoms with Crippen LogP contribution < -0.4 is 14.4 Å². The fraction of sp³-hybridized carbons (Fsp3) is 0.500. The van der Waals surface area contributed by atoms with Gasteiger partial charge in [-0.15, -0.1) is 0 Å². The summed E-state index contributed by atoms with van der Waals surface area (Å²) in [5, 5.41) is 11.5. The van der Waals surface area contributed by atoms with Crippen LogP contribution in [0.4, 0.5) is 5.69 Å². The van der Waals surface area contributed by atoms with Crippen molar-refractivity contribution in [1.82, 2.24) is 4.72 Å². The highest BCUT2D eigenvalue weighted by Gasteiger charge is 2.44. The molecule has 2 aromatic carbocycles. The minimum absolute atomic E-state index is 0.186. The normalized spacial score (nSPS) is 34.9. The molecule has 1 amide bonds. The average Bonchev–Trinajstić information content (AvgIpc) is 3.05. The molecule has 2 heterocycles. The first kappa shape index (κ1) is 27.7. The van der Waals surface area contributed by atoms with E-state index < -0.39 is 15.8 Å². The molecule has 2 bridgehead atoms. The Hall–Kier alpha value is -2.48. The number of anilines is 1. The minimum Gasteiger partial charge on any atom is -0.490 e. The van der Waals surface area contributed by atoms with E-state index in [1.807, 2.05) is 37.3 Å². The van der Waals surface area contributed by atoms with Gasteiger partial charge in [0.15, 0.2) is 0 Å². The molecule has 6 nitrogen and oxygen atoms in total. The van der Waals surface area contributed by atoms with Crippen LogP contribution in [0.1, 0.15) is 66.9 Å². The van der Waals surface area contributed by atoms with Gasteiger partial charge in [0, 0.05) is 34.3 Å². The van der Waals surface area contributed by atoms with Crippen molar-refractivity contribution in [3.63, 3.8) is 0 Å². The van der Waals surface area contributed by atoms with Crippen LogP contribution in [-0.2, 0) is 21.5 Å². The molecule has 8 heteroatoms. The van der Waals surface area contributed by atoms with Crippen molar-refractivity contribution in [2.24, 2.45) is 11.8 Å². The number of amides is 1. The number of carbonyl (C=O) groups is 1. The summed E-state index contributed by atoms with van der Waals surface area (Å²) in [5.74, 6) is 4.77. The lowest BCUT2D eigenvalue weighted by molar-refractivity contribution is 0.0456. The third-order valence-corrected chi connectivity index (χ3v) is 12.0. The van der Waals surface area contributed by atoms with Gasteiger partial charge in [0.2, 0.25) is 0 Å². The minimum atomic E-state index is -2.86. The first-order chi connectivity index (χ1) is 19.1. The van der Waals surface area contributed by atoms with Gasteiger partial charge in [-0.3, -0.25) is 9.52 Å². The van der Waals surface area contributed by atoms with Crippen molar-refractivity contribution in [2.45, 2.75) is 68.6 Å². The first-order valence-corrected chi connectivity index (χ1v) is 16.7. The molecule has 1 spiro atoms. The van der Waals surface area contributed by atoms with Crippen LogP contribution in [0, 0.1) is 11.8 Å². The number of carbonyl (C=O) groups excluding carboxylic acids is 1. The second-order valence-electron chi connectivity index (χ2n) is 12.3. The SMILES string of the molecule is C=S1(=O)NC(=O)c2ccc3c(c2)N(C[C@@H]2CC[C@H]2[C@@H](O)/C=C/CC[C@H]1C)C[C@@]1(CCCc2cc(Cl)ccc21)CO3. The summed E-state index contributed by atoms with van der Waals surface area (Å²) in [5.41, 5.74) is 3.68. The summed E-state index contributed by atoms with van der Waals surface area (Å²) >= 11 is 6.39. The van der Waals surface area contributed by atoms with E-state index in [4.69, 9.17) is 16.3 Å². The molecule has 4 aliphatic rings. The molecule has 2 aliphatic heterocycles. The second-order valence-corrected chi connectivity index (χ2v) is 15.2. The Morgan fingerprint density at radius 3 is 2.85 bits per heavy atom. The first-order valence-electron chi connectivity index (χ1n) is 14.5. The Kier molecular flexibility index (Phi) is 7.43. The maximum Gasteiger partial charge on any atom is 0.262 e. The van der Waals surface area contributed by atoms with Crippen LogP contribution in [0.2, 0.25) is 5.02 Å². The van der Waals surface area contributed by atoms with Crippen molar-refractivity contribution in [3.8, 4) is 5.75 Å². The number of hydrogen-bond acceptors (Lipinski definition) is 5. The highest BCUT2D eigenvalue weighted by Crippen LogP contribution is 2.46. The summed E-state index contributed by atoms with van der Waals surface area (Å²) in [7, 11) is -2.86. The van der Waals surface area contributed by atoms with E-state index in [0.717, 1.165) is 61.7 Å². The van der Waals surface area contributed by atoms with Gasteiger partial charge in [0.05, 0.1) is 28.1 Å². The number of nitrogens with zero attached hydrogens (tertiary/aromatic N) is 1. The van der Waals surface area contributed by atoms with Gasteiger partial charge in [-0.05, 0) is 111 Å². The molecule has 1 fully saturated rings. The molecular formula is C32H39ClN2O4S. The number of rotatable bonds is 0. The molecule has 6 atom stereocenters. The smallest absolute Gasteiger partial charge is 0.262 e. The van der Waals surface area contributed by atoms with Gasteiger partial charge in [0.25, 0.3) is 5.91 Å². The topological polar surface area (TPSA) is 78.9 Å². The lowest BCUT2D eigenvalue weighted by Crippen LogP contribution is -2.49. The quantitative estimate of drug-likeness (QED) is 0.326. The number of aliphatic hydroxyl groups is 1. The Bertz CT molecular complexity index is 1440. The van der Waals surface area contributed by atoms with Crippen molar-refractivity contribution >= 4 is 38.8 Å². The summed E-state index contributed by atoms with van der Waals surface area (Å²) < 4.78 is 22.6. The highest BCUT2D eigenvalue weighted by molar-refractivity contribution is 7.99. The van der Waals surface area contributed by atoms with Gasteiger partial charge in [0.1, 0.15) is 5.75 Å². The van der Waals surface area contributed by atoms with Gasteiger partial charge < -0.3 is 14.7 Å². The summed E-state index contributed by atoms with van der Waals surface area (Å²) in [6.45, 7) is 3.91. The number of halogens is 1. The average molecular weight is 583 g/mol. The van der Waals surface area contributed by atoms with Crippen molar-refractivity contribution in [2.75, 3.05) is 24.6 Å². The number of fused-ring (bicyclic) bond motifs is 4. The predicted octanol–water partition coefficient (Wildman–Crippen LogP) is 5.30. The molecule has 0 radical (unpaired) electrons. The summed E-state index contributed by atoms with van der Waals surface area (Å²) in [6, 6.07) is 11.7. The molecule has 2 N–H and O–H groups in total. The Morgan fingerprint density at radius 2 is 2.05 bits per heavy atom. The molecule has 1 unspecified atom stereocenters. The second kappa shape index (κ2) is 10.7. The Morgan fingerprint density at radius 1 is 1.20 bits per heavy atom. The fourth-order valence-electron chi connectivity index (χ4n) is 7.03. The van der Waals surface area contributed by atoms with E-state index in [0.29, 0.717) is 30.9 Å². The summed E-state index contributed by atoms with van der Waals surface area (Å²) in [6.07, 6.45) is 9.77. The van der Waals surface area contributed by atoms with E-state index in [9.17, 15) is 14.1 Å². The predicted molar refractivity (Wildman–Crippen MR) is 163 cm³/mol. The number of hydrogen-bond donors (Lipinski definition) is 2. The van der Waals surface area contributed by atoms with Crippen LogP contribution in [-0.4, -0.2) is 52.1 Å². The number of ether oxygens (including phenoxy) is 1. The van der Waals surface area contributed by atoms with E-state index in [1.165, 1.54) is 11.1 Å². The zero-order chi connectivity index (χ0) is 28.1.